The van der Waals surface area contributed by atoms with Crippen molar-refractivity contribution < 1.29 is 4.74 Å². The van der Waals surface area contributed by atoms with Crippen molar-refractivity contribution in [3.8, 4) is 0 Å². The lowest BCUT2D eigenvalue weighted by molar-refractivity contribution is 0.181. The molecule has 0 aromatic heterocycles. The van der Waals surface area contributed by atoms with Gasteiger partial charge in [0, 0.05) is 10.3 Å². The quantitative estimate of drug-likeness (QED) is 0.335. The molecule has 1 fully saturated rings. The highest BCUT2D eigenvalue weighted by molar-refractivity contribution is 14.1. The molecule has 1 heterocycles. The van der Waals surface area contributed by atoms with E-state index in [9.17, 15) is 0 Å². The van der Waals surface area contributed by atoms with Crippen LogP contribution in [0.4, 0.5) is 0 Å². The Morgan fingerprint density at radius 1 is 1.33 bits per heavy atom. The topological polar surface area (TPSA) is 9.23 Å². The van der Waals surface area contributed by atoms with E-state index in [0.717, 1.165) is 34.5 Å². The molecule has 0 saturated carbocycles. The SMILES string of the molecule is C=C1CCC(CC2CC(I)CC=C2[B]C)CCCCCO1. The molecule has 1 radical (unpaired) electrons. The van der Waals surface area contributed by atoms with E-state index >= 15 is 0 Å². The van der Waals surface area contributed by atoms with Crippen LogP contribution in [0.5, 0.6) is 0 Å². The van der Waals surface area contributed by atoms with Crippen molar-refractivity contribution in [3.63, 3.8) is 0 Å². The third-order valence-electron chi connectivity index (χ3n) is 4.97. The lowest BCUT2D eigenvalue weighted by Crippen LogP contribution is -2.21. The third kappa shape index (κ3) is 6.00. The Morgan fingerprint density at radius 2 is 2.19 bits per heavy atom. The molecule has 3 heteroatoms. The Balaban J connectivity index is 1.92. The van der Waals surface area contributed by atoms with Crippen molar-refractivity contribution in [2.24, 2.45) is 11.8 Å². The molecule has 1 nitrogen and oxygen atoms in total. The van der Waals surface area contributed by atoms with E-state index in [2.05, 4.69) is 49.3 Å². The summed E-state index contributed by atoms with van der Waals surface area (Å²) in [5.41, 5.74) is 1.61. The van der Waals surface area contributed by atoms with Crippen molar-refractivity contribution in [1.29, 1.82) is 0 Å². The molecule has 2 aliphatic rings. The van der Waals surface area contributed by atoms with Crippen LogP contribution >= 0.6 is 22.6 Å². The van der Waals surface area contributed by atoms with Gasteiger partial charge in [-0.1, -0.05) is 61.3 Å². The maximum absolute atomic E-state index is 5.70. The summed E-state index contributed by atoms with van der Waals surface area (Å²) in [6.07, 6.45) is 14.1. The first-order chi connectivity index (χ1) is 10.2. The predicted octanol–water partition coefficient (Wildman–Crippen LogP) is 5.73. The van der Waals surface area contributed by atoms with Gasteiger partial charge < -0.3 is 4.74 Å². The zero-order chi connectivity index (χ0) is 15.1. The highest BCUT2D eigenvalue weighted by Crippen LogP contribution is 2.36. The fourth-order valence-electron chi connectivity index (χ4n) is 3.71. The lowest BCUT2D eigenvalue weighted by Gasteiger charge is -2.31. The minimum Gasteiger partial charge on any atom is -0.499 e. The number of alkyl halides is 1. The van der Waals surface area contributed by atoms with Crippen LogP contribution < -0.4 is 0 Å². The van der Waals surface area contributed by atoms with Crippen molar-refractivity contribution in [3.05, 3.63) is 23.9 Å². The highest BCUT2D eigenvalue weighted by Gasteiger charge is 2.25. The maximum atomic E-state index is 5.70. The van der Waals surface area contributed by atoms with Gasteiger partial charge in [-0.2, -0.15) is 0 Å². The van der Waals surface area contributed by atoms with Gasteiger partial charge in [-0.05, 0) is 43.9 Å². The van der Waals surface area contributed by atoms with Crippen LogP contribution in [0.3, 0.4) is 0 Å². The van der Waals surface area contributed by atoms with Gasteiger partial charge >= 0.3 is 0 Å². The van der Waals surface area contributed by atoms with Gasteiger partial charge in [-0.25, -0.2) is 0 Å². The van der Waals surface area contributed by atoms with Gasteiger partial charge in [0.15, 0.2) is 0 Å². The number of hydrogen-bond donors (Lipinski definition) is 0. The Kier molecular flexibility index (Phi) is 7.69. The smallest absolute Gasteiger partial charge is 0.142 e. The van der Waals surface area contributed by atoms with Crippen LogP contribution in [0.25, 0.3) is 0 Å². The van der Waals surface area contributed by atoms with Gasteiger partial charge in [0.1, 0.15) is 7.28 Å². The number of hydrogen-bond acceptors (Lipinski definition) is 1. The maximum Gasteiger partial charge on any atom is 0.142 e. The first kappa shape index (κ1) is 17.4. The summed E-state index contributed by atoms with van der Waals surface area (Å²) in [7, 11) is 2.34. The summed E-state index contributed by atoms with van der Waals surface area (Å²) in [6, 6.07) is 0. The Bertz CT molecular complexity index is 366. The normalized spacial score (nSPS) is 32.0. The molecule has 3 atom stereocenters. The number of allylic oxidation sites excluding steroid dienone is 3. The molecule has 0 aromatic carbocycles. The molecule has 0 spiro atoms. The van der Waals surface area contributed by atoms with Crippen LogP contribution in [-0.4, -0.2) is 17.8 Å². The van der Waals surface area contributed by atoms with E-state index in [0.29, 0.717) is 0 Å². The molecule has 0 amide bonds. The van der Waals surface area contributed by atoms with Crippen molar-refractivity contribution in [1.82, 2.24) is 0 Å². The summed E-state index contributed by atoms with van der Waals surface area (Å²) >= 11 is 2.63. The minimum absolute atomic E-state index is 0.785. The molecule has 117 valence electrons. The Hall–Kier alpha value is 0.0749. The second-order valence-electron chi connectivity index (χ2n) is 6.64. The predicted molar refractivity (Wildman–Crippen MR) is 101 cm³/mol. The second kappa shape index (κ2) is 9.27. The molecule has 2 rings (SSSR count). The molecule has 0 N–H and O–H groups in total. The standard InChI is InChI=1S/C18H29BIO/c1-14-7-8-15(6-4-3-5-11-21-14)12-16-13-17(20)9-10-18(16)19-2/h10,15-17H,1,3-9,11-13H2,2H3. The van der Waals surface area contributed by atoms with Crippen molar-refractivity contribution in [2.45, 2.75) is 68.5 Å². The van der Waals surface area contributed by atoms with E-state index in [1.54, 1.807) is 5.47 Å². The van der Waals surface area contributed by atoms with E-state index in [1.165, 1.54) is 51.4 Å². The van der Waals surface area contributed by atoms with Crippen molar-refractivity contribution in [2.75, 3.05) is 6.61 Å². The van der Waals surface area contributed by atoms with E-state index < -0.39 is 0 Å². The Labute approximate surface area is 145 Å². The molecule has 1 saturated heterocycles. The largest absolute Gasteiger partial charge is 0.499 e. The molecule has 21 heavy (non-hydrogen) atoms. The molecule has 0 bridgehead atoms. The zero-order valence-electron chi connectivity index (χ0n) is 13.5. The molecule has 1 aliphatic carbocycles. The number of rotatable bonds is 3. The van der Waals surface area contributed by atoms with Crippen LogP contribution in [0.15, 0.2) is 23.9 Å². The van der Waals surface area contributed by atoms with E-state index in [-0.39, 0.29) is 0 Å². The van der Waals surface area contributed by atoms with Crippen LogP contribution in [0.2, 0.25) is 6.82 Å². The van der Waals surface area contributed by atoms with Gasteiger partial charge in [0.25, 0.3) is 0 Å². The monoisotopic (exact) mass is 399 g/mol. The Morgan fingerprint density at radius 3 is 3.00 bits per heavy atom. The van der Waals surface area contributed by atoms with Gasteiger partial charge in [-0.15, -0.1) is 5.47 Å². The average Bonchev–Trinajstić information content (AvgIpc) is 2.48. The molecule has 1 aliphatic heterocycles. The minimum atomic E-state index is 0.785. The number of halogens is 1. The molecule has 3 unspecified atom stereocenters. The van der Waals surface area contributed by atoms with Gasteiger partial charge in [0.05, 0.1) is 12.4 Å². The zero-order valence-corrected chi connectivity index (χ0v) is 15.6. The van der Waals surface area contributed by atoms with Gasteiger partial charge in [0.2, 0.25) is 0 Å². The first-order valence-electron chi connectivity index (χ1n) is 8.63. The van der Waals surface area contributed by atoms with Crippen molar-refractivity contribution >= 4 is 29.9 Å². The summed E-state index contributed by atoms with van der Waals surface area (Å²) < 4.78 is 6.53. The summed E-state index contributed by atoms with van der Waals surface area (Å²) in [6.45, 7) is 7.15. The van der Waals surface area contributed by atoms with Gasteiger partial charge in [-0.3, -0.25) is 0 Å². The first-order valence-corrected chi connectivity index (χ1v) is 9.87. The lowest BCUT2D eigenvalue weighted by atomic mass is 9.61. The summed E-state index contributed by atoms with van der Waals surface area (Å²) in [4.78, 5) is 0. The summed E-state index contributed by atoms with van der Waals surface area (Å²) in [5.74, 6) is 2.64. The van der Waals surface area contributed by atoms with Crippen LogP contribution in [0.1, 0.15) is 57.8 Å². The number of ether oxygens (including phenoxy) is 1. The summed E-state index contributed by atoms with van der Waals surface area (Å²) in [5, 5.41) is 0. The van der Waals surface area contributed by atoms with Crippen LogP contribution in [-0.2, 0) is 4.74 Å². The average molecular weight is 399 g/mol. The molecular formula is C18H29BIO. The third-order valence-corrected chi connectivity index (χ3v) is 5.98. The fourth-order valence-corrected chi connectivity index (χ4v) is 4.57. The van der Waals surface area contributed by atoms with E-state index in [1.807, 2.05) is 0 Å². The van der Waals surface area contributed by atoms with Crippen LogP contribution in [0, 0.1) is 11.8 Å². The molecule has 0 aromatic rings. The second-order valence-corrected chi connectivity index (χ2v) is 8.40. The fraction of sp³-hybridized carbons (Fsp3) is 0.778. The molecular weight excluding hydrogens is 370 g/mol. The van der Waals surface area contributed by atoms with E-state index in [4.69, 9.17) is 4.74 Å². The highest BCUT2D eigenvalue weighted by atomic mass is 127.